The topological polar surface area (TPSA) is 64.3 Å². The standard InChI is InChI=1S/C22H30N2O2.6CH4/c1-3-18(13-17(2)14-23)15-24-26-16-19-9-11-21(12-10-19)22(25)20-7-5-4-6-8-20;;;;;;/h4-12,17-18,24H,3,13-16,23H2,1-2H3;6*1H4. The Hall–Kier alpha value is -2.01. The van der Waals surface area contributed by atoms with Crippen molar-refractivity contribution in [1.82, 2.24) is 5.48 Å². The molecule has 2 unspecified atom stereocenters. The van der Waals surface area contributed by atoms with E-state index in [0.29, 0.717) is 29.6 Å². The zero-order chi connectivity index (χ0) is 18.8. The van der Waals surface area contributed by atoms with E-state index in [0.717, 1.165) is 31.5 Å². The quantitative estimate of drug-likeness (QED) is 0.208. The van der Waals surface area contributed by atoms with E-state index in [1.807, 2.05) is 54.6 Å². The molecule has 0 aliphatic heterocycles. The van der Waals surface area contributed by atoms with Gasteiger partial charge in [-0.05, 0) is 30.4 Å². The van der Waals surface area contributed by atoms with Crippen LogP contribution in [0.4, 0.5) is 0 Å². The Morgan fingerprint density at radius 1 is 0.906 bits per heavy atom. The van der Waals surface area contributed by atoms with E-state index in [-0.39, 0.29) is 50.3 Å². The van der Waals surface area contributed by atoms with Gasteiger partial charge < -0.3 is 5.73 Å². The monoisotopic (exact) mass is 450 g/mol. The van der Waals surface area contributed by atoms with Crippen LogP contribution in [0.1, 0.15) is 92.7 Å². The number of carbonyl (C=O) groups is 1. The molecule has 0 spiro atoms. The molecule has 0 saturated heterocycles. The molecule has 4 heteroatoms. The average Bonchev–Trinajstić information content (AvgIpc) is 2.70. The first-order valence-electron chi connectivity index (χ1n) is 9.37. The number of hydroxylamine groups is 1. The lowest BCUT2D eigenvalue weighted by Gasteiger charge is -2.19. The van der Waals surface area contributed by atoms with E-state index in [1.165, 1.54) is 0 Å². The molecule has 3 N–H and O–H groups in total. The molecule has 0 saturated carbocycles. The molecule has 2 aromatic rings. The van der Waals surface area contributed by atoms with Gasteiger partial charge >= 0.3 is 0 Å². The van der Waals surface area contributed by atoms with Crippen molar-refractivity contribution in [3.05, 3.63) is 71.3 Å². The first-order valence-corrected chi connectivity index (χ1v) is 9.37. The van der Waals surface area contributed by atoms with Gasteiger partial charge in [-0.1, -0.05) is 119 Å². The maximum Gasteiger partial charge on any atom is 0.193 e. The van der Waals surface area contributed by atoms with Gasteiger partial charge in [-0.3, -0.25) is 9.63 Å². The van der Waals surface area contributed by atoms with Crippen LogP contribution in [0.25, 0.3) is 0 Å². The normalized spacial score (nSPS) is 10.8. The Morgan fingerprint density at radius 2 is 1.44 bits per heavy atom. The minimum absolute atomic E-state index is 0. The van der Waals surface area contributed by atoms with Crippen LogP contribution in [-0.2, 0) is 11.4 Å². The number of benzene rings is 2. The minimum atomic E-state index is 0. The van der Waals surface area contributed by atoms with E-state index in [4.69, 9.17) is 10.6 Å². The second kappa shape index (κ2) is 22.2. The van der Waals surface area contributed by atoms with Gasteiger partial charge in [0.15, 0.2) is 5.78 Å². The lowest BCUT2D eigenvalue weighted by Crippen LogP contribution is -2.25. The van der Waals surface area contributed by atoms with Crippen molar-refractivity contribution in [3.8, 4) is 0 Å². The van der Waals surface area contributed by atoms with E-state index < -0.39 is 0 Å². The van der Waals surface area contributed by atoms with E-state index in [2.05, 4.69) is 19.3 Å². The summed E-state index contributed by atoms with van der Waals surface area (Å²) in [4.78, 5) is 18.0. The van der Waals surface area contributed by atoms with Crippen molar-refractivity contribution in [2.45, 2.75) is 77.9 Å². The van der Waals surface area contributed by atoms with Crippen LogP contribution < -0.4 is 11.2 Å². The van der Waals surface area contributed by atoms with Crippen LogP contribution in [0.5, 0.6) is 0 Å². The van der Waals surface area contributed by atoms with Gasteiger partial charge in [-0.15, -0.1) is 0 Å². The first-order chi connectivity index (χ1) is 12.6. The van der Waals surface area contributed by atoms with E-state index >= 15 is 0 Å². The smallest absolute Gasteiger partial charge is 0.193 e. The molecule has 0 heterocycles. The number of nitrogens with two attached hydrogens (primary N) is 1. The van der Waals surface area contributed by atoms with E-state index in [1.54, 1.807) is 0 Å². The average molecular weight is 451 g/mol. The van der Waals surface area contributed by atoms with Gasteiger partial charge in [-0.2, -0.15) is 0 Å². The summed E-state index contributed by atoms with van der Waals surface area (Å²) in [6.07, 6.45) is 2.22. The first kappa shape index (κ1) is 40.4. The highest BCUT2D eigenvalue weighted by atomic mass is 16.6. The Balaban J connectivity index is -0.000000405. The van der Waals surface area contributed by atoms with Gasteiger partial charge in [0.25, 0.3) is 0 Å². The molecule has 2 atom stereocenters. The molecule has 0 fully saturated rings. The minimum Gasteiger partial charge on any atom is -0.330 e. The Morgan fingerprint density at radius 3 is 1.94 bits per heavy atom. The summed E-state index contributed by atoms with van der Waals surface area (Å²) in [5.41, 5.74) is 11.2. The van der Waals surface area contributed by atoms with Gasteiger partial charge in [0, 0.05) is 17.7 Å². The predicted molar refractivity (Wildman–Crippen MR) is 146 cm³/mol. The summed E-state index contributed by atoms with van der Waals surface area (Å²) in [6.45, 7) is 6.40. The number of carbonyl (C=O) groups excluding carboxylic acids is 1. The summed E-state index contributed by atoms with van der Waals surface area (Å²) >= 11 is 0. The second-order valence-corrected chi connectivity index (χ2v) is 6.88. The summed E-state index contributed by atoms with van der Waals surface area (Å²) in [5, 5.41) is 0. The SMILES string of the molecule is C.C.C.C.C.C.CCC(CNOCc1ccc(C(=O)c2ccccc2)cc1)CC(C)CN. The second-order valence-electron chi connectivity index (χ2n) is 6.88. The summed E-state index contributed by atoms with van der Waals surface area (Å²) in [6, 6.07) is 16.9. The van der Waals surface area contributed by atoms with Crippen LogP contribution in [0.3, 0.4) is 0 Å². The Bertz CT molecular complexity index is 657. The fourth-order valence-corrected chi connectivity index (χ4v) is 2.88. The van der Waals surface area contributed by atoms with Gasteiger partial charge in [0.05, 0.1) is 6.61 Å². The number of nitrogens with one attached hydrogen (secondary N) is 1. The fourth-order valence-electron chi connectivity index (χ4n) is 2.88. The molecule has 0 aromatic heterocycles. The highest BCUT2D eigenvalue weighted by Crippen LogP contribution is 2.14. The summed E-state index contributed by atoms with van der Waals surface area (Å²) in [7, 11) is 0. The van der Waals surface area contributed by atoms with Gasteiger partial charge in [-0.25, -0.2) is 5.48 Å². The van der Waals surface area contributed by atoms with Crippen LogP contribution in [0.15, 0.2) is 54.6 Å². The van der Waals surface area contributed by atoms with Crippen molar-refractivity contribution >= 4 is 5.78 Å². The third-order valence-corrected chi connectivity index (χ3v) is 4.68. The van der Waals surface area contributed by atoms with Crippen LogP contribution >= 0.6 is 0 Å². The Labute approximate surface area is 200 Å². The van der Waals surface area contributed by atoms with Crippen LogP contribution in [0.2, 0.25) is 0 Å². The maximum atomic E-state index is 12.4. The molecule has 0 radical (unpaired) electrons. The van der Waals surface area contributed by atoms with Crippen molar-refractivity contribution < 1.29 is 9.63 Å². The molecular formula is C28H54N2O2. The third-order valence-electron chi connectivity index (χ3n) is 4.68. The molecule has 188 valence electrons. The largest absolute Gasteiger partial charge is 0.330 e. The number of ketones is 1. The third kappa shape index (κ3) is 13.4. The molecule has 32 heavy (non-hydrogen) atoms. The summed E-state index contributed by atoms with van der Waals surface area (Å²) in [5.74, 6) is 1.15. The molecule has 2 rings (SSSR count). The number of hydrogen-bond donors (Lipinski definition) is 2. The zero-order valence-corrected chi connectivity index (χ0v) is 15.8. The highest BCUT2D eigenvalue weighted by molar-refractivity contribution is 6.08. The van der Waals surface area contributed by atoms with Gasteiger partial charge in [0.2, 0.25) is 0 Å². The van der Waals surface area contributed by atoms with Crippen molar-refractivity contribution in [3.63, 3.8) is 0 Å². The molecule has 2 aromatic carbocycles. The molecule has 0 aliphatic carbocycles. The molecule has 0 amide bonds. The molecule has 0 aliphatic rings. The Kier molecular flexibility index (Phi) is 28.0. The predicted octanol–water partition coefficient (Wildman–Crippen LogP) is 7.77. The lowest BCUT2D eigenvalue weighted by atomic mass is 9.94. The zero-order valence-electron chi connectivity index (χ0n) is 15.8. The number of hydrogen-bond acceptors (Lipinski definition) is 4. The highest BCUT2D eigenvalue weighted by Gasteiger charge is 2.11. The molecule has 0 bridgehead atoms. The van der Waals surface area contributed by atoms with Crippen LogP contribution in [-0.4, -0.2) is 18.9 Å². The van der Waals surface area contributed by atoms with Crippen LogP contribution in [0, 0.1) is 11.8 Å². The van der Waals surface area contributed by atoms with E-state index in [9.17, 15) is 4.79 Å². The van der Waals surface area contributed by atoms with Crippen molar-refractivity contribution in [2.24, 2.45) is 17.6 Å². The molecular weight excluding hydrogens is 396 g/mol. The maximum absolute atomic E-state index is 12.4. The molecule has 4 nitrogen and oxygen atoms in total. The fraction of sp³-hybridized carbons (Fsp3) is 0.536. The number of rotatable bonds is 11. The lowest BCUT2D eigenvalue weighted by molar-refractivity contribution is 0.0174. The summed E-state index contributed by atoms with van der Waals surface area (Å²) < 4.78 is 0. The van der Waals surface area contributed by atoms with Crippen molar-refractivity contribution in [1.29, 1.82) is 0 Å². The van der Waals surface area contributed by atoms with Crippen molar-refractivity contribution in [2.75, 3.05) is 13.1 Å². The van der Waals surface area contributed by atoms with Gasteiger partial charge in [0.1, 0.15) is 0 Å².